The van der Waals surface area contributed by atoms with Crippen LogP contribution >= 0.6 is 0 Å². The van der Waals surface area contributed by atoms with Gasteiger partial charge in [0, 0.05) is 42.1 Å². The topological polar surface area (TPSA) is 148 Å². The van der Waals surface area contributed by atoms with E-state index in [4.69, 9.17) is 0 Å². The molecule has 0 atom stereocenters. The van der Waals surface area contributed by atoms with E-state index in [9.17, 15) is 30.6 Å². The van der Waals surface area contributed by atoms with Crippen molar-refractivity contribution in [3.63, 3.8) is 0 Å². The van der Waals surface area contributed by atoms with E-state index in [-0.39, 0.29) is 117 Å². The number of likely N-dealkylation sites (N-methyl/N-ethyl adjacent to an activating group) is 3. The van der Waals surface area contributed by atoms with Crippen LogP contribution < -0.4 is 105 Å². The number of rotatable bonds is 15. The van der Waals surface area contributed by atoms with Gasteiger partial charge in [0.25, 0.3) is 0 Å². The molecule has 300 valence electrons. The van der Waals surface area contributed by atoms with Crippen LogP contribution in [0.1, 0.15) is 104 Å². The Bertz CT molecular complexity index is 507. The molecule has 0 aromatic carbocycles. The summed E-state index contributed by atoms with van der Waals surface area (Å²) in [6.07, 6.45) is 0. The molecule has 0 rings (SSSR count). The van der Waals surface area contributed by atoms with E-state index in [0.717, 1.165) is 19.6 Å². The predicted molar refractivity (Wildman–Crippen MR) is 151 cm³/mol. The van der Waals surface area contributed by atoms with Crippen molar-refractivity contribution < 1.29 is 147 Å². The molecule has 0 radical (unpaired) electrons. The van der Waals surface area contributed by atoms with Gasteiger partial charge in [0.05, 0.1) is 0 Å². The predicted octanol–water partition coefficient (Wildman–Crippen LogP) is -19.2. The third-order valence-corrected chi connectivity index (χ3v) is 4.97. The fraction of sp³-hybridized carbons (Fsp3) is 1.00. The standard InChI is InChI=1S/3C10H21NO2.6ClH.2W/c3*1-6-11(7-9(2,3)12)8-10(4,5)13;;;;;;;;/h3*6-8H2,1-5H3;6*1H;;/q3*-2;;;;;;;;/p-6. The summed E-state index contributed by atoms with van der Waals surface area (Å²) in [5, 5.41) is 68.5. The van der Waals surface area contributed by atoms with Crippen LogP contribution in [0.3, 0.4) is 0 Å². The Balaban J connectivity index is -0.0000000424. The SMILES string of the molecule is CCN(CC(C)(C)[O-])CC(C)(C)[O-].CCN(CC(C)(C)[O-])CC(C)(C)[O-].CCN(CC(C)(C)[O-])CC(C)(C)[O-].[Cl-].[Cl-].[Cl-].[Cl-].[Cl-].[Cl-].[W].[W]. The molecule has 0 aromatic heterocycles. The van der Waals surface area contributed by atoms with Gasteiger partial charge in [-0.1, -0.05) is 104 Å². The van der Waals surface area contributed by atoms with E-state index in [1.54, 1.807) is 83.1 Å². The summed E-state index contributed by atoms with van der Waals surface area (Å²) in [5.41, 5.74) is -5.83. The van der Waals surface area contributed by atoms with E-state index >= 15 is 0 Å². The number of nitrogens with zero attached hydrogens (tertiary/aromatic N) is 3. The van der Waals surface area contributed by atoms with Gasteiger partial charge in [0.15, 0.2) is 0 Å². The summed E-state index contributed by atoms with van der Waals surface area (Å²) in [7, 11) is 0. The van der Waals surface area contributed by atoms with Gasteiger partial charge in [0.2, 0.25) is 0 Å². The van der Waals surface area contributed by atoms with Gasteiger partial charge in [-0.25, -0.2) is 0 Å². The third kappa shape index (κ3) is 71.0. The van der Waals surface area contributed by atoms with Crippen LogP contribution in [0.5, 0.6) is 0 Å². The molecule has 0 aromatic rings. The van der Waals surface area contributed by atoms with Gasteiger partial charge >= 0.3 is 0 Å². The number of hydrogen-bond donors (Lipinski definition) is 0. The molecule has 0 bridgehead atoms. The molecular weight excluding hydrogens is 1080 g/mol. The maximum absolute atomic E-state index is 11.4. The summed E-state index contributed by atoms with van der Waals surface area (Å²) >= 11 is 0. The molecule has 0 spiro atoms. The minimum atomic E-state index is -0.971. The maximum atomic E-state index is 11.4. The first-order valence-corrected chi connectivity index (χ1v) is 14.3. The summed E-state index contributed by atoms with van der Waals surface area (Å²) in [4.78, 5) is 5.75. The maximum Gasteiger partial charge on any atom is 0 e. The van der Waals surface area contributed by atoms with Gasteiger partial charge in [-0.2, -0.15) is 0 Å². The largest absolute Gasteiger partial charge is 1.00 e. The molecule has 47 heavy (non-hydrogen) atoms. The zero-order valence-electron chi connectivity index (χ0n) is 31.2. The van der Waals surface area contributed by atoms with Crippen LogP contribution in [0.25, 0.3) is 0 Å². The van der Waals surface area contributed by atoms with Gasteiger partial charge in [-0.3, -0.25) is 0 Å². The fourth-order valence-corrected chi connectivity index (χ4v) is 4.07. The zero-order chi connectivity index (χ0) is 32.1. The molecule has 0 aliphatic heterocycles. The minimum absolute atomic E-state index is 0. The molecule has 0 unspecified atom stereocenters. The molecule has 0 heterocycles. The first kappa shape index (κ1) is 78.7. The van der Waals surface area contributed by atoms with Crippen molar-refractivity contribution in [3.8, 4) is 0 Å². The normalized spacial score (nSPS) is 11.5. The first-order chi connectivity index (χ1) is 16.9. The fourth-order valence-electron chi connectivity index (χ4n) is 4.07. The molecule has 0 saturated carbocycles. The summed E-state index contributed by atoms with van der Waals surface area (Å²) < 4.78 is 0. The van der Waals surface area contributed by atoms with Crippen molar-refractivity contribution in [1.29, 1.82) is 0 Å². The van der Waals surface area contributed by atoms with Crippen LogP contribution in [-0.2, 0) is 42.1 Å². The summed E-state index contributed by atoms with van der Waals surface area (Å²) in [6.45, 7) is 30.6. The van der Waals surface area contributed by atoms with E-state index in [1.807, 2.05) is 35.5 Å². The first-order valence-electron chi connectivity index (χ1n) is 14.3. The van der Waals surface area contributed by atoms with Crippen molar-refractivity contribution in [1.82, 2.24) is 14.7 Å². The quantitative estimate of drug-likeness (QED) is 0.156. The average molecular weight is 1140 g/mol. The van der Waals surface area contributed by atoms with Gasteiger partial charge in [0.1, 0.15) is 0 Å². The van der Waals surface area contributed by atoms with Crippen molar-refractivity contribution >= 4 is 0 Å². The molecule has 0 amide bonds. The van der Waals surface area contributed by atoms with Crippen LogP contribution in [0.2, 0.25) is 0 Å². The molecule has 0 saturated heterocycles. The smallest absolute Gasteiger partial charge is 0 e. The molecular formula is C30H63Cl6N3O6W2-12. The molecule has 0 aliphatic carbocycles. The van der Waals surface area contributed by atoms with Crippen molar-refractivity contribution in [3.05, 3.63) is 0 Å². The van der Waals surface area contributed by atoms with E-state index < -0.39 is 33.6 Å². The van der Waals surface area contributed by atoms with Gasteiger partial charge in [-0.05, 0) is 58.9 Å². The number of halogens is 6. The zero-order valence-corrected chi connectivity index (χ0v) is 41.6. The molecule has 0 fully saturated rings. The Morgan fingerprint density at radius 2 is 0.383 bits per heavy atom. The summed E-state index contributed by atoms with van der Waals surface area (Å²) in [5.74, 6) is 0. The van der Waals surface area contributed by atoms with E-state index in [0.29, 0.717) is 39.3 Å². The molecule has 0 aliphatic rings. The van der Waals surface area contributed by atoms with Crippen molar-refractivity contribution in [2.75, 3.05) is 58.9 Å². The second kappa shape index (κ2) is 34.5. The van der Waals surface area contributed by atoms with Gasteiger partial charge in [-0.15, -0.1) is 33.6 Å². The second-order valence-corrected chi connectivity index (χ2v) is 14.5. The van der Waals surface area contributed by atoms with E-state index in [2.05, 4.69) is 0 Å². The average Bonchev–Trinajstić information content (AvgIpc) is 2.60. The second-order valence-electron chi connectivity index (χ2n) is 14.5. The van der Waals surface area contributed by atoms with Crippen LogP contribution in [0.4, 0.5) is 0 Å². The van der Waals surface area contributed by atoms with E-state index in [1.165, 1.54) is 0 Å². The Hall–Kier alpha value is 2.76. The van der Waals surface area contributed by atoms with Crippen molar-refractivity contribution in [2.24, 2.45) is 0 Å². The Morgan fingerprint density at radius 1 is 0.298 bits per heavy atom. The van der Waals surface area contributed by atoms with Crippen LogP contribution in [-0.4, -0.2) is 107 Å². The monoisotopic (exact) mass is 1140 g/mol. The van der Waals surface area contributed by atoms with Crippen LogP contribution in [0, 0.1) is 0 Å². The molecule has 17 heteroatoms. The Morgan fingerprint density at radius 3 is 0.426 bits per heavy atom. The summed E-state index contributed by atoms with van der Waals surface area (Å²) in [6, 6.07) is 0. The minimum Gasteiger partial charge on any atom is -1.00 e. The van der Waals surface area contributed by atoms with Gasteiger partial charge < -0.3 is 120 Å². The Kier molecular flexibility index (Phi) is 57.8. The molecule has 0 N–H and O–H groups in total. The van der Waals surface area contributed by atoms with Crippen LogP contribution in [0.15, 0.2) is 0 Å². The van der Waals surface area contributed by atoms with Crippen molar-refractivity contribution in [2.45, 2.75) is 137 Å². The number of hydrogen-bond acceptors (Lipinski definition) is 9. The molecule has 9 nitrogen and oxygen atoms in total. The third-order valence-electron chi connectivity index (χ3n) is 4.97. The Labute approximate surface area is 355 Å².